The highest BCUT2D eigenvalue weighted by atomic mass is 28.4. The summed E-state index contributed by atoms with van der Waals surface area (Å²) in [5.74, 6) is -0.0219. The molecule has 0 heterocycles. The lowest BCUT2D eigenvalue weighted by atomic mass is 10.1. The normalized spacial score (nSPS) is 15.9. The number of Topliss-reactive ketones (excluding diaryl/α,β-unsaturated/α-hetero) is 1. The van der Waals surface area contributed by atoms with E-state index in [0.29, 0.717) is 0 Å². The number of rotatable bonds is 7. The summed E-state index contributed by atoms with van der Waals surface area (Å²) in [6.07, 6.45) is 0.0184. The summed E-state index contributed by atoms with van der Waals surface area (Å²) in [5, 5.41) is 11.1. The SMILES string of the molecule is CC(=O)CCC([C@H](C)O[Si](C)(C)C(C)(C)C)[N+](=O)[O-]. The zero-order valence-electron chi connectivity index (χ0n) is 13.1. The summed E-state index contributed by atoms with van der Waals surface area (Å²) in [7, 11) is -2.02. The Labute approximate surface area is 117 Å². The van der Waals surface area contributed by atoms with Gasteiger partial charge in [-0.25, -0.2) is 0 Å². The van der Waals surface area contributed by atoms with Gasteiger partial charge in [-0.15, -0.1) is 0 Å². The monoisotopic (exact) mass is 289 g/mol. The molecule has 112 valence electrons. The van der Waals surface area contributed by atoms with Gasteiger partial charge >= 0.3 is 0 Å². The molecular weight excluding hydrogens is 262 g/mol. The highest BCUT2D eigenvalue weighted by Crippen LogP contribution is 2.37. The third-order valence-corrected chi connectivity index (χ3v) is 8.46. The number of nitrogens with zero attached hydrogens (tertiary/aromatic N) is 1. The van der Waals surface area contributed by atoms with Crippen LogP contribution in [0.5, 0.6) is 0 Å². The van der Waals surface area contributed by atoms with E-state index in [1.807, 2.05) is 0 Å². The van der Waals surface area contributed by atoms with Crippen LogP contribution in [-0.4, -0.2) is 31.2 Å². The van der Waals surface area contributed by atoms with Gasteiger partial charge in [0.2, 0.25) is 6.04 Å². The molecule has 0 aliphatic rings. The number of hydrogen-bond donors (Lipinski definition) is 0. The average Bonchev–Trinajstić information content (AvgIpc) is 2.13. The second-order valence-electron chi connectivity index (χ2n) is 6.68. The zero-order valence-corrected chi connectivity index (χ0v) is 14.1. The van der Waals surface area contributed by atoms with Crippen LogP contribution in [0, 0.1) is 10.1 Å². The van der Waals surface area contributed by atoms with E-state index in [1.54, 1.807) is 6.92 Å². The van der Waals surface area contributed by atoms with Crippen molar-refractivity contribution < 1.29 is 14.1 Å². The van der Waals surface area contributed by atoms with Crippen molar-refractivity contribution in [2.75, 3.05) is 0 Å². The van der Waals surface area contributed by atoms with Crippen molar-refractivity contribution in [2.45, 2.75) is 77.7 Å². The number of ketones is 1. The number of hydrogen-bond acceptors (Lipinski definition) is 4. The van der Waals surface area contributed by atoms with Crippen molar-refractivity contribution in [2.24, 2.45) is 0 Å². The third-order valence-electron chi connectivity index (χ3n) is 3.89. The lowest BCUT2D eigenvalue weighted by Gasteiger charge is -2.38. The third kappa shape index (κ3) is 5.82. The van der Waals surface area contributed by atoms with Crippen LogP contribution in [-0.2, 0) is 9.22 Å². The average molecular weight is 289 g/mol. The molecule has 1 unspecified atom stereocenters. The van der Waals surface area contributed by atoms with Crippen LogP contribution in [0.4, 0.5) is 0 Å². The summed E-state index contributed by atoms with van der Waals surface area (Å²) in [6, 6.07) is -0.807. The van der Waals surface area contributed by atoms with Crippen LogP contribution in [0.2, 0.25) is 18.1 Å². The highest BCUT2D eigenvalue weighted by Gasteiger charge is 2.41. The van der Waals surface area contributed by atoms with Crippen LogP contribution in [0.25, 0.3) is 0 Å². The Morgan fingerprint density at radius 3 is 2.16 bits per heavy atom. The van der Waals surface area contributed by atoms with Crippen molar-refractivity contribution in [3.63, 3.8) is 0 Å². The minimum Gasteiger partial charge on any atom is -0.407 e. The molecule has 0 aliphatic carbocycles. The Bertz CT molecular complexity index is 336. The molecule has 0 radical (unpaired) electrons. The summed E-state index contributed by atoms with van der Waals surface area (Å²) < 4.78 is 6.04. The van der Waals surface area contributed by atoms with E-state index in [4.69, 9.17) is 4.43 Å². The van der Waals surface area contributed by atoms with Gasteiger partial charge in [-0.1, -0.05) is 20.8 Å². The van der Waals surface area contributed by atoms with Gasteiger partial charge in [0.05, 0.1) is 0 Å². The zero-order chi connectivity index (χ0) is 15.4. The van der Waals surface area contributed by atoms with Crippen LogP contribution in [0.15, 0.2) is 0 Å². The Morgan fingerprint density at radius 2 is 1.84 bits per heavy atom. The van der Waals surface area contributed by atoms with Crippen molar-refractivity contribution in [1.29, 1.82) is 0 Å². The summed E-state index contributed by atoms with van der Waals surface area (Å²) >= 11 is 0. The first kappa shape index (κ1) is 18.2. The van der Waals surface area contributed by atoms with Gasteiger partial charge in [-0.05, 0) is 32.0 Å². The van der Waals surface area contributed by atoms with Crippen molar-refractivity contribution in [1.82, 2.24) is 0 Å². The smallest absolute Gasteiger partial charge is 0.237 e. The highest BCUT2D eigenvalue weighted by molar-refractivity contribution is 6.74. The van der Waals surface area contributed by atoms with E-state index in [1.165, 1.54) is 6.92 Å². The van der Waals surface area contributed by atoms with Crippen molar-refractivity contribution in [3.05, 3.63) is 10.1 Å². The van der Waals surface area contributed by atoms with Gasteiger partial charge in [0.1, 0.15) is 11.9 Å². The van der Waals surface area contributed by atoms with Crippen molar-refractivity contribution >= 4 is 14.1 Å². The molecule has 0 bridgehead atoms. The maximum Gasteiger partial charge on any atom is 0.237 e. The van der Waals surface area contributed by atoms with E-state index in [0.717, 1.165) is 0 Å². The molecule has 0 saturated heterocycles. The second kappa shape index (κ2) is 6.61. The van der Waals surface area contributed by atoms with Crippen LogP contribution in [0.1, 0.15) is 47.5 Å². The molecule has 6 heteroatoms. The minimum atomic E-state index is -2.02. The van der Waals surface area contributed by atoms with Gasteiger partial charge < -0.3 is 9.22 Å². The molecule has 19 heavy (non-hydrogen) atoms. The lowest BCUT2D eigenvalue weighted by molar-refractivity contribution is -0.533. The fraction of sp³-hybridized carbons (Fsp3) is 0.923. The van der Waals surface area contributed by atoms with E-state index in [2.05, 4.69) is 33.9 Å². The minimum absolute atomic E-state index is 0.0168. The molecule has 0 aliphatic heterocycles. The molecule has 5 nitrogen and oxygen atoms in total. The molecule has 0 fully saturated rings. The molecule has 0 spiro atoms. The first-order valence-electron chi connectivity index (χ1n) is 6.69. The maximum atomic E-state index is 11.1. The fourth-order valence-corrected chi connectivity index (χ4v) is 3.02. The van der Waals surface area contributed by atoms with Gasteiger partial charge in [-0.3, -0.25) is 10.1 Å². The number of carbonyl (C=O) groups excluding carboxylic acids is 1. The van der Waals surface area contributed by atoms with Gasteiger partial charge in [0, 0.05) is 17.8 Å². The molecule has 2 atom stereocenters. The van der Waals surface area contributed by atoms with Gasteiger partial charge in [-0.2, -0.15) is 0 Å². The molecule has 0 N–H and O–H groups in total. The molecule has 0 saturated carbocycles. The second-order valence-corrected chi connectivity index (χ2v) is 11.4. The Morgan fingerprint density at radius 1 is 1.37 bits per heavy atom. The predicted molar refractivity (Wildman–Crippen MR) is 78.4 cm³/mol. The van der Waals surface area contributed by atoms with Gasteiger partial charge in [0.25, 0.3) is 0 Å². The maximum absolute atomic E-state index is 11.1. The standard InChI is InChI=1S/C13H27NO4Si/c1-10(15)8-9-12(14(16)17)11(2)18-19(6,7)13(3,4)5/h11-12H,8-9H2,1-7H3/t11-,12?/m0/s1. The molecule has 0 aromatic heterocycles. The molecule has 0 aromatic rings. The summed E-state index contributed by atoms with van der Waals surface area (Å²) in [5.41, 5.74) is 0. The van der Waals surface area contributed by atoms with Crippen LogP contribution >= 0.6 is 0 Å². The summed E-state index contributed by atoms with van der Waals surface area (Å²) in [6.45, 7) is 13.6. The van der Waals surface area contributed by atoms with E-state index in [-0.39, 0.29) is 28.6 Å². The quantitative estimate of drug-likeness (QED) is 0.409. The molecular formula is C13H27NO4Si. The number of carbonyl (C=O) groups is 1. The van der Waals surface area contributed by atoms with E-state index >= 15 is 0 Å². The van der Waals surface area contributed by atoms with Gasteiger partial charge in [0.15, 0.2) is 8.32 Å². The first-order chi connectivity index (χ1) is 8.38. The molecule has 0 amide bonds. The lowest BCUT2D eigenvalue weighted by Crippen LogP contribution is -2.47. The number of nitro groups is 1. The van der Waals surface area contributed by atoms with Crippen LogP contribution in [0.3, 0.4) is 0 Å². The van der Waals surface area contributed by atoms with E-state index < -0.39 is 20.5 Å². The Hall–Kier alpha value is -0.753. The fourth-order valence-electron chi connectivity index (χ4n) is 1.58. The predicted octanol–water partition coefficient (Wildman–Crippen LogP) is 3.41. The molecule has 0 aromatic carbocycles. The molecule has 0 rings (SSSR count). The first-order valence-corrected chi connectivity index (χ1v) is 9.60. The largest absolute Gasteiger partial charge is 0.407 e. The summed E-state index contributed by atoms with van der Waals surface area (Å²) in [4.78, 5) is 21.8. The van der Waals surface area contributed by atoms with Crippen LogP contribution < -0.4 is 0 Å². The topological polar surface area (TPSA) is 69.4 Å². The van der Waals surface area contributed by atoms with E-state index in [9.17, 15) is 14.9 Å². The Balaban J connectivity index is 4.79. The Kier molecular flexibility index (Phi) is 6.35. The van der Waals surface area contributed by atoms with Crippen molar-refractivity contribution in [3.8, 4) is 0 Å².